The van der Waals surface area contributed by atoms with E-state index in [1.807, 2.05) is 0 Å². The molecule has 0 aromatic carbocycles. The fraction of sp³-hybridized carbons (Fsp3) is 0.700. The molecule has 1 fully saturated rings. The number of carboxylic acids is 1. The number of likely N-dealkylation sites (tertiary alicyclic amines) is 1. The lowest BCUT2D eigenvalue weighted by Gasteiger charge is -2.21. The van der Waals surface area contributed by atoms with Gasteiger partial charge in [0.1, 0.15) is 6.04 Å². The van der Waals surface area contributed by atoms with Crippen molar-refractivity contribution in [2.45, 2.75) is 31.8 Å². The average molecular weight is 243 g/mol. The Morgan fingerprint density at radius 1 is 1.53 bits per heavy atom. The Bertz CT molecular complexity index is 330. The lowest BCUT2D eigenvalue weighted by Crippen LogP contribution is -2.47. The van der Waals surface area contributed by atoms with E-state index in [-0.39, 0.29) is 12.5 Å². The summed E-state index contributed by atoms with van der Waals surface area (Å²) in [5.41, 5.74) is 5.32. The number of nitrogens with zero attached hydrogens (tertiary/aromatic N) is 1. The summed E-state index contributed by atoms with van der Waals surface area (Å²) in [4.78, 5) is 35.0. The molecule has 2 atom stereocenters. The zero-order chi connectivity index (χ0) is 13.0. The molecule has 0 aromatic heterocycles. The first kappa shape index (κ1) is 13.4. The van der Waals surface area contributed by atoms with E-state index >= 15 is 0 Å². The number of nitrogens with two attached hydrogens (primary N) is 1. The van der Waals surface area contributed by atoms with E-state index in [2.05, 4.69) is 5.32 Å². The molecule has 17 heavy (non-hydrogen) atoms. The third-order valence-corrected chi connectivity index (χ3v) is 2.69. The maximum Gasteiger partial charge on any atom is 0.326 e. The molecular weight excluding hydrogens is 226 g/mol. The van der Waals surface area contributed by atoms with Crippen LogP contribution in [-0.4, -0.2) is 53.0 Å². The van der Waals surface area contributed by atoms with Crippen LogP contribution in [0, 0.1) is 0 Å². The molecule has 96 valence electrons. The number of aliphatic carboxylic acids is 1. The monoisotopic (exact) mass is 243 g/mol. The summed E-state index contributed by atoms with van der Waals surface area (Å²) in [6, 6.07) is -1.45. The Morgan fingerprint density at radius 2 is 2.18 bits per heavy atom. The van der Waals surface area contributed by atoms with Gasteiger partial charge in [0.05, 0.1) is 12.6 Å². The first-order valence-electron chi connectivity index (χ1n) is 5.49. The lowest BCUT2D eigenvalue weighted by molar-refractivity contribution is -0.148. The van der Waals surface area contributed by atoms with Crippen molar-refractivity contribution in [2.75, 3.05) is 13.1 Å². The zero-order valence-electron chi connectivity index (χ0n) is 9.68. The van der Waals surface area contributed by atoms with Crippen molar-refractivity contribution in [1.82, 2.24) is 10.2 Å². The van der Waals surface area contributed by atoms with Gasteiger partial charge in [-0.3, -0.25) is 9.59 Å². The molecule has 0 unspecified atom stereocenters. The molecule has 0 aromatic rings. The van der Waals surface area contributed by atoms with Crippen LogP contribution >= 0.6 is 0 Å². The summed E-state index contributed by atoms with van der Waals surface area (Å²) in [5.74, 6) is -1.82. The molecule has 0 bridgehead atoms. The highest BCUT2D eigenvalue weighted by molar-refractivity contribution is 5.89. The van der Waals surface area contributed by atoms with E-state index in [1.165, 1.54) is 11.8 Å². The quantitative estimate of drug-likeness (QED) is 0.557. The topological polar surface area (TPSA) is 113 Å². The minimum Gasteiger partial charge on any atom is -0.480 e. The molecule has 1 aliphatic heterocycles. The molecule has 1 aliphatic rings. The Kier molecular flexibility index (Phi) is 4.45. The van der Waals surface area contributed by atoms with Crippen molar-refractivity contribution in [3.05, 3.63) is 0 Å². The maximum absolute atomic E-state index is 11.7. The highest BCUT2D eigenvalue weighted by Gasteiger charge is 2.33. The number of carbonyl (C=O) groups excluding carboxylic acids is 2. The third kappa shape index (κ3) is 3.42. The number of carbonyl (C=O) groups is 3. The van der Waals surface area contributed by atoms with Crippen LogP contribution in [-0.2, 0) is 14.4 Å². The predicted molar refractivity (Wildman–Crippen MR) is 59.0 cm³/mol. The first-order valence-corrected chi connectivity index (χ1v) is 5.49. The second-order valence-corrected chi connectivity index (χ2v) is 4.09. The van der Waals surface area contributed by atoms with E-state index < -0.39 is 24.0 Å². The minimum absolute atomic E-state index is 0.204. The summed E-state index contributed by atoms with van der Waals surface area (Å²) < 4.78 is 0. The van der Waals surface area contributed by atoms with Crippen molar-refractivity contribution in [1.29, 1.82) is 0 Å². The molecule has 0 aliphatic carbocycles. The van der Waals surface area contributed by atoms with Crippen LogP contribution in [0.2, 0.25) is 0 Å². The fourth-order valence-corrected chi connectivity index (χ4v) is 1.75. The molecule has 1 heterocycles. The first-order chi connectivity index (χ1) is 7.93. The molecular formula is C10H17N3O4. The molecule has 7 nitrogen and oxygen atoms in total. The van der Waals surface area contributed by atoms with Gasteiger partial charge in [-0.15, -0.1) is 0 Å². The standard InChI is InChI=1S/C10H17N3O4/c1-6(11)9(15)12-5-8(14)13-4-2-3-7(13)10(16)17/h6-7H,2-5,11H2,1H3,(H,12,15)(H,16,17)/t6-,7+/m1/s1. The highest BCUT2D eigenvalue weighted by Crippen LogP contribution is 2.17. The van der Waals surface area contributed by atoms with Gasteiger partial charge in [0.25, 0.3) is 0 Å². The predicted octanol–water partition coefficient (Wildman–Crippen LogP) is -1.47. The molecule has 2 amide bonds. The minimum atomic E-state index is -1.01. The second-order valence-electron chi connectivity index (χ2n) is 4.09. The van der Waals surface area contributed by atoms with Gasteiger partial charge in [-0.1, -0.05) is 0 Å². The van der Waals surface area contributed by atoms with Crippen LogP contribution in [0.25, 0.3) is 0 Å². The van der Waals surface area contributed by atoms with Crippen LogP contribution in [0.3, 0.4) is 0 Å². The van der Waals surface area contributed by atoms with Crippen LogP contribution in [0.5, 0.6) is 0 Å². The van der Waals surface area contributed by atoms with E-state index in [0.717, 1.165) is 0 Å². The van der Waals surface area contributed by atoms with Crippen LogP contribution < -0.4 is 11.1 Å². The summed E-state index contributed by atoms with van der Waals surface area (Å²) in [6.45, 7) is 1.73. The maximum atomic E-state index is 11.7. The van der Waals surface area contributed by atoms with Crippen LogP contribution in [0.15, 0.2) is 0 Å². The van der Waals surface area contributed by atoms with Gasteiger partial charge in [-0.05, 0) is 19.8 Å². The summed E-state index contributed by atoms with van der Waals surface area (Å²) in [7, 11) is 0. The number of carboxylic acid groups (broad SMARTS) is 1. The Hall–Kier alpha value is -1.63. The Labute approximate surface area is 98.9 Å². The van der Waals surface area contributed by atoms with E-state index in [4.69, 9.17) is 10.8 Å². The molecule has 1 saturated heterocycles. The van der Waals surface area contributed by atoms with Gasteiger partial charge >= 0.3 is 5.97 Å². The summed E-state index contributed by atoms with van der Waals surface area (Å²) in [5, 5.41) is 11.3. The van der Waals surface area contributed by atoms with Gasteiger partial charge in [-0.2, -0.15) is 0 Å². The van der Waals surface area contributed by atoms with Crippen LogP contribution in [0.1, 0.15) is 19.8 Å². The molecule has 0 spiro atoms. The largest absolute Gasteiger partial charge is 0.480 e. The van der Waals surface area contributed by atoms with E-state index in [0.29, 0.717) is 19.4 Å². The molecule has 1 rings (SSSR count). The van der Waals surface area contributed by atoms with Gasteiger partial charge in [0.2, 0.25) is 11.8 Å². The van der Waals surface area contributed by atoms with Gasteiger partial charge in [-0.25, -0.2) is 4.79 Å². The number of hydrogen-bond donors (Lipinski definition) is 3. The lowest BCUT2D eigenvalue weighted by atomic mass is 10.2. The van der Waals surface area contributed by atoms with Gasteiger partial charge in [0, 0.05) is 6.54 Å². The molecule has 4 N–H and O–H groups in total. The number of nitrogens with one attached hydrogen (secondary N) is 1. The van der Waals surface area contributed by atoms with E-state index in [1.54, 1.807) is 0 Å². The van der Waals surface area contributed by atoms with Gasteiger partial charge in [0.15, 0.2) is 0 Å². The smallest absolute Gasteiger partial charge is 0.326 e. The Morgan fingerprint density at radius 3 is 2.71 bits per heavy atom. The van der Waals surface area contributed by atoms with Crippen LogP contribution in [0.4, 0.5) is 0 Å². The van der Waals surface area contributed by atoms with Crippen molar-refractivity contribution >= 4 is 17.8 Å². The number of amides is 2. The molecule has 0 saturated carbocycles. The van der Waals surface area contributed by atoms with E-state index in [9.17, 15) is 14.4 Å². The zero-order valence-corrected chi connectivity index (χ0v) is 9.68. The average Bonchev–Trinajstić information content (AvgIpc) is 2.73. The van der Waals surface area contributed by atoms with Crippen molar-refractivity contribution in [2.24, 2.45) is 5.73 Å². The third-order valence-electron chi connectivity index (χ3n) is 2.69. The molecule has 0 radical (unpaired) electrons. The van der Waals surface area contributed by atoms with Gasteiger partial charge < -0.3 is 21.1 Å². The molecule has 7 heteroatoms. The summed E-state index contributed by atoms with van der Waals surface area (Å²) in [6.07, 6.45) is 1.13. The van der Waals surface area contributed by atoms with Crippen molar-refractivity contribution in [3.8, 4) is 0 Å². The van der Waals surface area contributed by atoms with Crippen molar-refractivity contribution < 1.29 is 19.5 Å². The number of hydrogen-bond acceptors (Lipinski definition) is 4. The highest BCUT2D eigenvalue weighted by atomic mass is 16.4. The Balaban J connectivity index is 2.47. The fourth-order valence-electron chi connectivity index (χ4n) is 1.75. The second kappa shape index (κ2) is 5.62. The van der Waals surface area contributed by atoms with Crippen molar-refractivity contribution in [3.63, 3.8) is 0 Å². The normalized spacial score (nSPS) is 21.1. The number of rotatable bonds is 4. The SMILES string of the molecule is C[C@@H](N)C(=O)NCC(=O)N1CCC[C@H]1C(=O)O. The summed E-state index contributed by atoms with van der Waals surface area (Å²) >= 11 is 0.